The lowest BCUT2D eigenvalue weighted by Crippen LogP contribution is -2.10. The average molecular weight is 210 g/mol. The SMILES string of the molecule is [2H][13C]([2H])([2H])N(c1cncc(Br)n1)[13C]([2H])([2H])[2H]. The Morgan fingerprint density at radius 3 is 3.00 bits per heavy atom. The second-order valence-electron chi connectivity index (χ2n) is 1.54. The molecule has 0 amide bonds. The summed E-state index contributed by atoms with van der Waals surface area (Å²) in [4.78, 5) is 7.72. The third-order valence-electron chi connectivity index (χ3n) is 0.822. The Morgan fingerprint density at radius 1 is 1.60 bits per heavy atom. The molecule has 0 bridgehead atoms. The molecule has 0 unspecified atom stereocenters. The first kappa shape index (κ1) is 2.77. The molecular weight excluding hydrogens is 196 g/mol. The first-order chi connectivity index (χ1) is 7.12. The van der Waals surface area contributed by atoms with Crippen LogP contribution in [0.15, 0.2) is 17.0 Å². The highest BCUT2D eigenvalue weighted by Gasteiger charge is 1.95. The maximum Gasteiger partial charge on any atom is 0.147 e. The number of anilines is 1. The fourth-order valence-electron chi connectivity index (χ4n) is 0.440. The van der Waals surface area contributed by atoms with Gasteiger partial charge in [0.2, 0.25) is 0 Å². The lowest BCUT2D eigenvalue weighted by Gasteiger charge is -2.09. The van der Waals surface area contributed by atoms with Gasteiger partial charge in [-0.1, -0.05) is 0 Å². The summed E-state index contributed by atoms with van der Waals surface area (Å²) in [6, 6.07) is 0. The monoisotopic (exact) mass is 209 g/mol. The molecule has 0 N–H and O–H groups in total. The molecular formula is C6H8BrN3. The molecule has 0 aromatic carbocycles. The van der Waals surface area contributed by atoms with Crippen molar-refractivity contribution >= 4 is 21.7 Å². The molecule has 54 valence electrons. The van der Waals surface area contributed by atoms with Gasteiger partial charge in [-0.15, -0.1) is 0 Å². The van der Waals surface area contributed by atoms with E-state index in [1.807, 2.05) is 0 Å². The van der Waals surface area contributed by atoms with E-state index in [4.69, 9.17) is 8.22 Å². The normalized spacial score (nSPS) is 20.9. The Kier molecular flexibility index (Phi) is 0.822. The van der Waals surface area contributed by atoms with Crippen molar-refractivity contribution in [2.75, 3.05) is 18.9 Å². The highest BCUT2D eigenvalue weighted by molar-refractivity contribution is 9.10. The van der Waals surface area contributed by atoms with Crippen LogP contribution in [0.2, 0.25) is 0 Å². The van der Waals surface area contributed by atoms with E-state index in [0.717, 1.165) is 6.20 Å². The summed E-state index contributed by atoms with van der Waals surface area (Å²) in [5, 5.41) is 0. The molecule has 0 saturated heterocycles. The third kappa shape index (κ3) is 1.67. The molecule has 1 aromatic heterocycles. The van der Waals surface area contributed by atoms with Crippen LogP contribution in [0.5, 0.6) is 0 Å². The molecule has 0 aliphatic carbocycles. The van der Waals surface area contributed by atoms with Crippen LogP contribution in [0.3, 0.4) is 0 Å². The van der Waals surface area contributed by atoms with Gasteiger partial charge in [-0.25, -0.2) is 4.98 Å². The van der Waals surface area contributed by atoms with E-state index in [0.29, 0.717) is 0 Å². The first-order valence-corrected chi connectivity index (χ1v) is 3.19. The molecule has 1 rings (SSSR count). The lowest BCUT2D eigenvalue weighted by molar-refractivity contribution is 1.03. The van der Waals surface area contributed by atoms with Crippen LogP contribution in [0.1, 0.15) is 8.22 Å². The second kappa shape index (κ2) is 2.96. The summed E-state index contributed by atoms with van der Waals surface area (Å²) >= 11 is 3.00. The molecule has 3 nitrogen and oxygen atoms in total. The van der Waals surface area contributed by atoms with E-state index < -0.39 is 14.0 Å². The summed E-state index contributed by atoms with van der Waals surface area (Å²) in [6.45, 7) is -5.61. The number of aromatic nitrogens is 2. The van der Waals surface area contributed by atoms with Crippen molar-refractivity contribution in [3.8, 4) is 0 Å². The summed E-state index contributed by atoms with van der Waals surface area (Å²) in [5.41, 5.74) is 0. The van der Waals surface area contributed by atoms with Crippen LogP contribution in [0, 0.1) is 0 Å². The van der Waals surface area contributed by atoms with Gasteiger partial charge in [0.1, 0.15) is 10.4 Å². The van der Waals surface area contributed by atoms with Gasteiger partial charge in [-0.05, 0) is 15.9 Å². The Hall–Kier alpha value is -0.640. The van der Waals surface area contributed by atoms with Crippen LogP contribution in [-0.4, -0.2) is 23.9 Å². The average Bonchev–Trinajstić information content (AvgIpc) is 1.97. The smallest absolute Gasteiger partial charge is 0.147 e. The van der Waals surface area contributed by atoms with E-state index >= 15 is 0 Å². The predicted molar refractivity (Wildman–Crippen MR) is 44.1 cm³/mol. The second-order valence-corrected chi connectivity index (χ2v) is 2.35. The number of halogens is 1. The zero-order valence-electron chi connectivity index (χ0n) is 10.9. The van der Waals surface area contributed by atoms with Crippen LogP contribution in [-0.2, 0) is 0 Å². The molecule has 0 aliphatic rings. The van der Waals surface area contributed by atoms with Gasteiger partial charge >= 0.3 is 0 Å². The van der Waals surface area contributed by atoms with Crippen LogP contribution in [0.4, 0.5) is 5.82 Å². The van der Waals surface area contributed by atoms with Crippen LogP contribution in [0.25, 0.3) is 0 Å². The minimum atomic E-state index is -2.80. The quantitative estimate of drug-likeness (QED) is 0.654. The van der Waals surface area contributed by atoms with Gasteiger partial charge in [0.25, 0.3) is 0 Å². The van der Waals surface area contributed by atoms with Gasteiger partial charge in [-0.2, -0.15) is 0 Å². The Labute approximate surface area is 76.7 Å². The minimum Gasteiger partial charge on any atom is -0.361 e. The molecule has 0 spiro atoms. The Balaban J connectivity index is 3.23. The fraction of sp³-hybridized carbons (Fsp3) is 0.333. The number of nitrogens with zero attached hydrogens (tertiary/aromatic N) is 3. The molecule has 1 heterocycles. The number of rotatable bonds is 1. The molecule has 1 aromatic rings. The van der Waals surface area contributed by atoms with E-state index in [1.54, 1.807) is 0 Å². The van der Waals surface area contributed by atoms with Crippen LogP contribution >= 0.6 is 15.9 Å². The van der Waals surface area contributed by atoms with Crippen molar-refractivity contribution in [3.05, 3.63) is 17.0 Å². The molecule has 0 atom stereocenters. The zero-order chi connectivity index (χ0) is 12.6. The molecule has 0 aliphatic heterocycles. The predicted octanol–water partition coefficient (Wildman–Crippen LogP) is 1.31. The number of hydrogen-bond acceptors (Lipinski definition) is 3. The molecule has 4 heteroatoms. The molecule has 10 heavy (non-hydrogen) atoms. The maximum absolute atomic E-state index is 7.17. The van der Waals surface area contributed by atoms with E-state index in [2.05, 4.69) is 25.9 Å². The molecule has 0 saturated carbocycles. The van der Waals surface area contributed by atoms with Gasteiger partial charge < -0.3 is 4.90 Å². The summed E-state index contributed by atoms with van der Waals surface area (Å²) in [5.74, 6) is -0.227. The van der Waals surface area contributed by atoms with E-state index in [9.17, 15) is 0 Å². The van der Waals surface area contributed by atoms with Gasteiger partial charge in [0, 0.05) is 22.2 Å². The third-order valence-corrected chi connectivity index (χ3v) is 1.20. The minimum absolute atomic E-state index is 0.227. The molecule has 0 fully saturated rings. The Morgan fingerprint density at radius 2 is 2.40 bits per heavy atom. The summed E-state index contributed by atoms with van der Waals surface area (Å²) < 4.78 is 43.3. The maximum atomic E-state index is 7.17. The van der Waals surface area contributed by atoms with E-state index in [-0.39, 0.29) is 15.3 Å². The lowest BCUT2D eigenvalue weighted by atomic mass is 10.7. The summed E-state index contributed by atoms with van der Waals surface area (Å²) in [7, 11) is 0. The Bertz CT molecular complexity index is 361. The van der Waals surface area contributed by atoms with E-state index in [1.165, 1.54) is 6.20 Å². The van der Waals surface area contributed by atoms with Crippen molar-refractivity contribution in [1.29, 1.82) is 0 Å². The van der Waals surface area contributed by atoms with Crippen molar-refractivity contribution in [2.45, 2.75) is 0 Å². The summed E-state index contributed by atoms with van der Waals surface area (Å²) in [6.07, 6.45) is 2.42. The zero-order valence-corrected chi connectivity index (χ0v) is 6.46. The standard InChI is InChI=1S/C6H8BrN3/c1-10(2)6-4-8-3-5(7)9-6/h3-4H,1-2H3/i1+1D3,2+1D3. The number of hydrogen-bond donors (Lipinski definition) is 0. The highest BCUT2D eigenvalue weighted by Crippen LogP contribution is 2.09. The van der Waals surface area contributed by atoms with Gasteiger partial charge in [0.05, 0.1) is 12.4 Å². The first-order valence-electron chi connectivity index (χ1n) is 5.40. The fourth-order valence-corrected chi connectivity index (χ4v) is 0.740. The van der Waals surface area contributed by atoms with Crippen molar-refractivity contribution < 1.29 is 8.22 Å². The molecule has 0 radical (unpaired) electrons. The van der Waals surface area contributed by atoms with Crippen LogP contribution < -0.4 is 4.90 Å². The van der Waals surface area contributed by atoms with Crippen molar-refractivity contribution in [2.24, 2.45) is 0 Å². The van der Waals surface area contributed by atoms with Crippen molar-refractivity contribution in [1.82, 2.24) is 9.97 Å². The highest BCUT2D eigenvalue weighted by atomic mass is 79.9. The van der Waals surface area contributed by atoms with Crippen molar-refractivity contribution in [3.63, 3.8) is 0 Å². The van der Waals surface area contributed by atoms with Gasteiger partial charge in [0.15, 0.2) is 0 Å². The largest absolute Gasteiger partial charge is 0.361 e. The van der Waals surface area contributed by atoms with Gasteiger partial charge in [-0.3, -0.25) is 4.98 Å². The topological polar surface area (TPSA) is 29.0 Å².